The van der Waals surface area contributed by atoms with Crippen LogP contribution in [0.3, 0.4) is 0 Å². The van der Waals surface area contributed by atoms with Crippen LogP contribution in [0, 0.1) is 0 Å². The average molecular weight is 291 g/mol. The van der Waals surface area contributed by atoms with Crippen molar-refractivity contribution >= 4 is 23.4 Å². The van der Waals surface area contributed by atoms with Crippen molar-refractivity contribution in [2.45, 2.75) is 5.75 Å². The number of carbonyl (C=O) groups excluding carboxylic acids is 1. The molecular formula is C14H13NO4S. The summed E-state index contributed by atoms with van der Waals surface area (Å²) in [5.41, 5.74) is 0.641. The van der Waals surface area contributed by atoms with Gasteiger partial charge in [-0.05, 0) is 30.5 Å². The van der Waals surface area contributed by atoms with Gasteiger partial charge in [0.05, 0.1) is 5.75 Å². The summed E-state index contributed by atoms with van der Waals surface area (Å²) >= 11 is 1.64. The molecule has 1 aliphatic rings. The van der Waals surface area contributed by atoms with E-state index < -0.39 is 0 Å². The molecule has 2 aromatic rings. The van der Waals surface area contributed by atoms with E-state index >= 15 is 0 Å². The Kier molecular flexibility index (Phi) is 3.56. The number of thioether (sulfide) groups is 1. The Morgan fingerprint density at radius 1 is 1.25 bits per heavy atom. The SMILES string of the molecule is CSCc1ccc(C(=O)Nc2ccc3c(c2)OCO3)o1. The zero-order valence-electron chi connectivity index (χ0n) is 10.8. The van der Waals surface area contributed by atoms with Gasteiger partial charge in [-0.15, -0.1) is 0 Å². The van der Waals surface area contributed by atoms with E-state index in [1.54, 1.807) is 36.0 Å². The van der Waals surface area contributed by atoms with E-state index in [9.17, 15) is 4.79 Å². The van der Waals surface area contributed by atoms with Gasteiger partial charge in [-0.1, -0.05) is 0 Å². The molecule has 5 nitrogen and oxygen atoms in total. The number of furan rings is 1. The lowest BCUT2D eigenvalue weighted by atomic mass is 10.2. The molecule has 6 heteroatoms. The van der Waals surface area contributed by atoms with Gasteiger partial charge in [-0.3, -0.25) is 4.79 Å². The van der Waals surface area contributed by atoms with Gasteiger partial charge in [0.15, 0.2) is 17.3 Å². The van der Waals surface area contributed by atoms with Crippen LogP contribution < -0.4 is 14.8 Å². The molecule has 0 unspecified atom stereocenters. The van der Waals surface area contributed by atoms with Crippen molar-refractivity contribution in [1.29, 1.82) is 0 Å². The maximum atomic E-state index is 12.0. The number of hydrogen-bond acceptors (Lipinski definition) is 5. The van der Waals surface area contributed by atoms with E-state index in [2.05, 4.69) is 5.32 Å². The Balaban J connectivity index is 1.71. The fraction of sp³-hybridized carbons (Fsp3) is 0.214. The van der Waals surface area contributed by atoms with Gasteiger partial charge in [-0.2, -0.15) is 11.8 Å². The first-order chi connectivity index (χ1) is 9.76. The van der Waals surface area contributed by atoms with Crippen LogP contribution in [0.2, 0.25) is 0 Å². The van der Waals surface area contributed by atoms with E-state index in [0.717, 1.165) is 11.5 Å². The summed E-state index contributed by atoms with van der Waals surface area (Å²) < 4.78 is 15.9. The number of nitrogens with one attached hydrogen (secondary N) is 1. The highest BCUT2D eigenvalue weighted by Crippen LogP contribution is 2.34. The van der Waals surface area contributed by atoms with Crippen LogP contribution in [0.25, 0.3) is 0 Å². The monoisotopic (exact) mass is 291 g/mol. The molecule has 0 radical (unpaired) electrons. The molecule has 1 aromatic carbocycles. The molecule has 1 N–H and O–H groups in total. The number of benzene rings is 1. The second-order valence-corrected chi connectivity index (χ2v) is 5.09. The molecule has 20 heavy (non-hydrogen) atoms. The number of carbonyl (C=O) groups is 1. The molecule has 3 rings (SSSR count). The molecule has 2 heterocycles. The lowest BCUT2D eigenvalue weighted by molar-refractivity contribution is 0.0995. The predicted molar refractivity (Wildman–Crippen MR) is 76.4 cm³/mol. The Hall–Kier alpha value is -2.08. The van der Waals surface area contributed by atoms with Crippen molar-refractivity contribution in [1.82, 2.24) is 0 Å². The summed E-state index contributed by atoms with van der Waals surface area (Å²) in [5.74, 6) is 2.86. The topological polar surface area (TPSA) is 60.7 Å². The molecular weight excluding hydrogens is 278 g/mol. The zero-order valence-corrected chi connectivity index (χ0v) is 11.7. The molecule has 0 fully saturated rings. The third-order valence-electron chi connectivity index (χ3n) is 2.80. The summed E-state index contributed by atoms with van der Waals surface area (Å²) in [6, 6.07) is 8.74. The number of fused-ring (bicyclic) bond motifs is 1. The predicted octanol–water partition coefficient (Wildman–Crippen LogP) is 3.12. The van der Waals surface area contributed by atoms with Crippen molar-refractivity contribution in [2.24, 2.45) is 0 Å². The molecule has 0 atom stereocenters. The summed E-state index contributed by atoms with van der Waals surface area (Å²) in [7, 11) is 0. The summed E-state index contributed by atoms with van der Waals surface area (Å²) in [6.07, 6.45) is 1.98. The van der Waals surface area contributed by atoms with Crippen LogP contribution >= 0.6 is 11.8 Å². The molecule has 0 saturated heterocycles. The van der Waals surface area contributed by atoms with Crippen LogP contribution in [-0.4, -0.2) is 19.0 Å². The van der Waals surface area contributed by atoms with E-state index in [1.165, 1.54) is 0 Å². The van der Waals surface area contributed by atoms with Gasteiger partial charge in [0, 0.05) is 11.8 Å². The molecule has 1 aliphatic heterocycles. The number of rotatable bonds is 4. The average Bonchev–Trinajstić information content (AvgIpc) is 3.07. The maximum Gasteiger partial charge on any atom is 0.291 e. The van der Waals surface area contributed by atoms with Gasteiger partial charge >= 0.3 is 0 Å². The van der Waals surface area contributed by atoms with Crippen LogP contribution in [0.4, 0.5) is 5.69 Å². The molecule has 0 aliphatic carbocycles. The van der Waals surface area contributed by atoms with E-state index in [1.807, 2.05) is 12.3 Å². The zero-order chi connectivity index (χ0) is 13.9. The normalized spacial score (nSPS) is 12.4. The van der Waals surface area contributed by atoms with Gasteiger partial charge in [0.1, 0.15) is 5.76 Å². The quantitative estimate of drug-likeness (QED) is 0.937. The number of ether oxygens (including phenoxy) is 2. The molecule has 1 aromatic heterocycles. The van der Waals surface area contributed by atoms with E-state index in [-0.39, 0.29) is 12.7 Å². The van der Waals surface area contributed by atoms with Crippen molar-refractivity contribution in [3.05, 3.63) is 41.9 Å². The third-order valence-corrected chi connectivity index (χ3v) is 3.38. The van der Waals surface area contributed by atoms with Crippen molar-refractivity contribution in [3.8, 4) is 11.5 Å². The Morgan fingerprint density at radius 2 is 2.10 bits per heavy atom. The van der Waals surface area contributed by atoms with Gasteiger partial charge in [-0.25, -0.2) is 0 Å². The Labute approximate surface area is 120 Å². The van der Waals surface area contributed by atoms with Gasteiger partial charge in [0.2, 0.25) is 6.79 Å². The first-order valence-corrected chi connectivity index (χ1v) is 7.44. The van der Waals surface area contributed by atoms with Crippen LogP contribution in [0.1, 0.15) is 16.3 Å². The van der Waals surface area contributed by atoms with Crippen LogP contribution in [-0.2, 0) is 5.75 Å². The fourth-order valence-corrected chi connectivity index (χ4v) is 2.33. The standard InChI is InChI=1S/C14H13NO4S/c1-20-7-10-3-5-12(19-10)14(16)15-9-2-4-11-13(6-9)18-8-17-11/h2-6H,7-8H2,1H3,(H,15,16). The lowest BCUT2D eigenvalue weighted by Gasteiger charge is -2.04. The first kappa shape index (κ1) is 12.9. The smallest absolute Gasteiger partial charge is 0.291 e. The van der Waals surface area contributed by atoms with Crippen molar-refractivity contribution in [2.75, 3.05) is 18.4 Å². The van der Waals surface area contributed by atoms with Gasteiger partial charge < -0.3 is 19.2 Å². The minimum Gasteiger partial charge on any atom is -0.455 e. The molecule has 0 saturated carbocycles. The minimum atomic E-state index is -0.281. The van der Waals surface area contributed by atoms with E-state index in [4.69, 9.17) is 13.9 Å². The molecule has 1 amide bonds. The number of amides is 1. The van der Waals surface area contributed by atoms with Crippen molar-refractivity contribution in [3.63, 3.8) is 0 Å². The Bertz CT molecular complexity index is 638. The molecule has 0 spiro atoms. The highest BCUT2D eigenvalue weighted by Gasteiger charge is 2.16. The summed E-state index contributed by atoms with van der Waals surface area (Å²) in [6.45, 7) is 0.211. The van der Waals surface area contributed by atoms with E-state index in [0.29, 0.717) is 22.9 Å². The molecule has 0 bridgehead atoms. The minimum absolute atomic E-state index is 0.211. The van der Waals surface area contributed by atoms with Gasteiger partial charge in [0.25, 0.3) is 5.91 Å². The van der Waals surface area contributed by atoms with Crippen LogP contribution in [0.5, 0.6) is 11.5 Å². The number of hydrogen-bond donors (Lipinski definition) is 1. The number of anilines is 1. The first-order valence-electron chi connectivity index (χ1n) is 6.05. The second-order valence-electron chi connectivity index (χ2n) is 4.22. The van der Waals surface area contributed by atoms with Crippen LogP contribution in [0.15, 0.2) is 34.7 Å². The Morgan fingerprint density at radius 3 is 2.95 bits per heavy atom. The highest BCUT2D eigenvalue weighted by molar-refractivity contribution is 7.97. The van der Waals surface area contributed by atoms with Crippen molar-refractivity contribution < 1.29 is 18.7 Å². The maximum absolute atomic E-state index is 12.0. The summed E-state index contributed by atoms with van der Waals surface area (Å²) in [4.78, 5) is 12.0. The lowest BCUT2D eigenvalue weighted by Crippen LogP contribution is -2.10. The largest absolute Gasteiger partial charge is 0.455 e. The second kappa shape index (κ2) is 5.50. The highest BCUT2D eigenvalue weighted by atomic mass is 32.2. The summed E-state index contributed by atoms with van der Waals surface area (Å²) in [5, 5.41) is 2.77. The fourth-order valence-electron chi connectivity index (χ4n) is 1.89. The third kappa shape index (κ3) is 2.60. The molecule has 104 valence electrons.